The van der Waals surface area contributed by atoms with Gasteiger partial charge in [-0.25, -0.2) is 0 Å². The van der Waals surface area contributed by atoms with E-state index in [-0.39, 0.29) is 0 Å². The van der Waals surface area contributed by atoms with Gasteiger partial charge >= 0.3 is 0 Å². The van der Waals surface area contributed by atoms with Gasteiger partial charge in [0.1, 0.15) is 12.4 Å². The van der Waals surface area contributed by atoms with Gasteiger partial charge in [0.15, 0.2) is 0 Å². The molecule has 0 aromatic heterocycles. The summed E-state index contributed by atoms with van der Waals surface area (Å²) in [4.78, 5) is 5.25. The van der Waals surface area contributed by atoms with Crippen molar-refractivity contribution in [2.75, 3.05) is 20.3 Å². The van der Waals surface area contributed by atoms with Crippen molar-refractivity contribution in [1.82, 2.24) is 0 Å². The molecule has 0 aliphatic heterocycles. The standard InChI is InChI=1S/C20H23NO3/c1-17(8-9-18-6-4-3-5-7-18)21-24-15-14-23-16-19-10-12-20(22-2)13-11-19/h3-13H,14-16H2,1-2H3/b9-8+,21-17+. The average Bonchev–Trinajstić information content (AvgIpc) is 2.64. The normalized spacial score (nSPS) is 11.7. The van der Waals surface area contributed by atoms with Crippen LogP contribution in [0.5, 0.6) is 5.75 Å². The third kappa shape index (κ3) is 6.67. The van der Waals surface area contributed by atoms with E-state index in [4.69, 9.17) is 14.3 Å². The summed E-state index contributed by atoms with van der Waals surface area (Å²) in [5, 5.41) is 4.04. The second kappa shape index (κ2) is 10.2. The Morgan fingerprint density at radius 2 is 1.75 bits per heavy atom. The minimum Gasteiger partial charge on any atom is -0.497 e. The van der Waals surface area contributed by atoms with E-state index in [9.17, 15) is 0 Å². The highest BCUT2D eigenvalue weighted by molar-refractivity contribution is 5.95. The summed E-state index contributed by atoms with van der Waals surface area (Å²) >= 11 is 0. The van der Waals surface area contributed by atoms with Crippen molar-refractivity contribution in [1.29, 1.82) is 0 Å². The molecule has 0 bridgehead atoms. The number of allylic oxidation sites excluding steroid dienone is 1. The van der Waals surface area contributed by atoms with E-state index in [0.29, 0.717) is 19.8 Å². The molecule has 2 aromatic carbocycles. The Labute approximate surface area is 143 Å². The Balaban J connectivity index is 1.62. The molecule has 126 valence electrons. The van der Waals surface area contributed by atoms with Gasteiger partial charge in [-0.2, -0.15) is 0 Å². The maximum absolute atomic E-state index is 5.55. The lowest BCUT2D eigenvalue weighted by atomic mass is 10.2. The third-order valence-corrected chi connectivity index (χ3v) is 3.27. The highest BCUT2D eigenvalue weighted by Crippen LogP contribution is 2.11. The minimum absolute atomic E-state index is 0.423. The van der Waals surface area contributed by atoms with Crippen molar-refractivity contribution in [3.8, 4) is 5.75 Å². The van der Waals surface area contributed by atoms with Crippen molar-refractivity contribution < 1.29 is 14.3 Å². The molecule has 0 saturated heterocycles. The van der Waals surface area contributed by atoms with Crippen LogP contribution in [0.1, 0.15) is 18.1 Å². The molecular weight excluding hydrogens is 302 g/mol. The van der Waals surface area contributed by atoms with E-state index < -0.39 is 0 Å². The minimum atomic E-state index is 0.423. The van der Waals surface area contributed by atoms with Gasteiger partial charge in [-0.1, -0.05) is 53.7 Å². The fourth-order valence-corrected chi connectivity index (χ4v) is 1.97. The van der Waals surface area contributed by atoms with Crippen molar-refractivity contribution in [3.05, 3.63) is 71.8 Å². The van der Waals surface area contributed by atoms with Crippen LogP contribution in [0.15, 0.2) is 65.8 Å². The van der Waals surface area contributed by atoms with Gasteiger partial charge in [0.05, 0.1) is 26.0 Å². The predicted octanol–water partition coefficient (Wildman–Crippen LogP) is 4.32. The van der Waals surface area contributed by atoms with E-state index in [1.54, 1.807) is 7.11 Å². The van der Waals surface area contributed by atoms with Gasteiger partial charge in [0.2, 0.25) is 0 Å². The van der Waals surface area contributed by atoms with Crippen LogP contribution in [0.25, 0.3) is 6.08 Å². The van der Waals surface area contributed by atoms with Crippen LogP contribution < -0.4 is 4.74 Å². The van der Waals surface area contributed by atoms with Crippen LogP contribution in [0, 0.1) is 0 Å². The number of hydrogen-bond donors (Lipinski definition) is 0. The highest BCUT2D eigenvalue weighted by Gasteiger charge is 1.95. The Morgan fingerprint density at radius 3 is 2.46 bits per heavy atom. The van der Waals surface area contributed by atoms with Crippen molar-refractivity contribution in [2.45, 2.75) is 13.5 Å². The first-order valence-electron chi connectivity index (χ1n) is 7.88. The van der Waals surface area contributed by atoms with E-state index in [2.05, 4.69) is 5.16 Å². The maximum atomic E-state index is 5.55. The number of benzene rings is 2. The van der Waals surface area contributed by atoms with Crippen LogP contribution in [0.2, 0.25) is 0 Å². The number of ether oxygens (including phenoxy) is 2. The van der Waals surface area contributed by atoms with Crippen molar-refractivity contribution in [3.63, 3.8) is 0 Å². The number of oxime groups is 1. The van der Waals surface area contributed by atoms with E-state index in [1.165, 1.54) is 0 Å². The van der Waals surface area contributed by atoms with Gasteiger partial charge < -0.3 is 14.3 Å². The Hall–Kier alpha value is -2.59. The summed E-state index contributed by atoms with van der Waals surface area (Å²) in [5.74, 6) is 0.843. The molecule has 0 saturated carbocycles. The molecule has 0 unspecified atom stereocenters. The molecule has 0 aliphatic rings. The van der Waals surface area contributed by atoms with Crippen LogP contribution in [0.3, 0.4) is 0 Å². The fraction of sp³-hybridized carbons (Fsp3) is 0.250. The summed E-state index contributed by atoms with van der Waals surface area (Å²) in [7, 11) is 1.65. The van der Waals surface area contributed by atoms with Crippen LogP contribution in [0.4, 0.5) is 0 Å². The molecule has 24 heavy (non-hydrogen) atoms. The van der Waals surface area contributed by atoms with E-state index in [0.717, 1.165) is 22.6 Å². The molecule has 0 heterocycles. The Kier molecular flexibility index (Phi) is 7.57. The molecule has 0 aliphatic carbocycles. The molecule has 0 atom stereocenters. The monoisotopic (exact) mass is 325 g/mol. The second-order valence-corrected chi connectivity index (χ2v) is 5.21. The van der Waals surface area contributed by atoms with Gasteiger partial charge in [0.25, 0.3) is 0 Å². The zero-order valence-electron chi connectivity index (χ0n) is 14.1. The molecule has 2 rings (SSSR count). The fourth-order valence-electron chi connectivity index (χ4n) is 1.97. The first-order valence-corrected chi connectivity index (χ1v) is 7.88. The van der Waals surface area contributed by atoms with Gasteiger partial charge in [-0.05, 0) is 36.3 Å². The largest absolute Gasteiger partial charge is 0.497 e. The molecule has 0 fully saturated rings. The summed E-state index contributed by atoms with van der Waals surface area (Å²) in [6, 6.07) is 17.9. The number of hydrogen-bond acceptors (Lipinski definition) is 4. The second-order valence-electron chi connectivity index (χ2n) is 5.21. The highest BCUT2D eigenvalue weighted by atomic mass is 16.6. The summed E-state index contributed by atoms with van der Waals surface area (Å²) in [6.07, 6.45) is 3.93. The van der Waals surface area contributed by atoms with Gasteiger partial charge in [-0.3, -0.25) is 0 Å². The average molecular weight is 325 g/mol. The van der Waals surface area contributed by atoms with Crippen molar-refractivity contribution >= 4 is 11.8 Å². The van der Waals surface area contributed by atoms with E-state index >= 15 is 0 Å². The lowest BCUT2D eigenvalue weighted by Gasteiger charge is -2.05. The number of nitrogens with zero attached hydrogens (tertiary/aromatic N) is 1. The zero-order valence-corrected chi connectivity index (χ0v) is 14.1. The first-order chi connectivity index (χ1) is 11.8. The molecule has 4 nitrogen and oxygen atoms in total. The maximum Gasteiger partial charge on any atom is 0.140 e. The van der Waals surface area contributed by atoms with Crippen molar-refractivity contribution in [2.24, 2.45) is 5.16 Å². The SMILES string of the molecule is COc1ccc(COCCO/N=C(C)/C=C/c2ccccc2)cc1. The molecule has 0 radical (unpaired) electrons. The Morgan fingerprint density at radius 1 is 1.00 bits per heavy atom. The van der Waals surface area contributed by atoms with Gasteiger partial charge in [0, 0.05) is 0 Å². The predicted molar refractivity (Wildman–Crippen MR) is 97.2 cm³/mol. The summed E-state index contributed by atoms with van der Waals surface area (Å²) < 4.78 is 10.7. The topological polar surface area (TPSA) is 40.0 Å². The number of rotatable bonds is 9. The third-order valence-electron chi connectivity index (χ3n) is 3.27. The lowest BCUT2D eigenvalue weighted by molar-refractivity contribution is 0.0433. The van der Waals surface area contributed by atoms with Crippen LogP contribution in [-0.2, 0) is 16.2 Å². The molecule has 0 N–H and O–H groups in total. The number of methoxy groups -OCH3 is 1. The molecule has 4 heteroatoms. The molecule has 0 spiro atoms. The van der Waals surface area contributed by atoms with Gasteiger partial charge in [-0.15, -0.1) is 0 Å². The zero-order chi connectivity index (χ0) is 17.0. The summed E-state index contributed by atoms with van der Waals surface area (Å²) in [5.41, 5.74) is 3.05. The quantitative estimate of drug-likeness (QED) is 0.392. The lowest BCUT2D eigenvalue weighted by Crippen LogP contribution is -2.02. The van der Waals surface area contributed by atoms with Crippen LogP contribution >= 0.6 is 0 Å². The molecule has 0 amide bonds. The molecule has 2 aromatic rings. The smallest absolute Gasteiger partial charge is 0.140 e. The first kappa shape index (κ1) is 17.8. The molecular formula is C20H23NO3. The van der Waals surface area contributed by atoms with Crippen LogP contribution in [-0.4, -0.2) is 26.0 Å². The summed E-state index contributed by atoms with van der Waals surface area (Å²) in [6.45, 7) is 3.36. The van der Waals surface area contributed by atoms with E-state index in [1.807, 2.05) is 73.7 Å². The Bertz CT molecular complexity index is 648.